The van der Waals surface area contributed by atoms with Gasteiger partial charge < -0.3 is 8.92 Å². The average molecular weight is 338 g/mol. The molecule has 0 unspecified atom stereocenters. The van der Waals surface area contributed by atoms with Crippen LogP contribution in [-0.4, -0.2) is 26.8 Å². The Morgan fingerprint density at radius 2 is 1.77 bits per heavy atom. The molecule has 122 valence electrons. The van der Waals surface area contributed by atoms with Crippen LogP contribution in [0.2, 0.25) is 0 Å². The van der Waals surface area contributed by atoms with Crippen molar-refractivity contribution in [3.8, 4) is 11.5 Å². The smallest absolute Gasteiger partial charge is 0.492 e. The maximum atomic E-state index is 12.4. The van der Waals surface area contributed by atoms with Crippen LogP contribution in [0.3, 0.4) is 0 Å². The lowest BCUT2D eigenvalue weighted by atomic mass is 10.0. The van der Waals surface area contributed by atoms with Gasteiger partial charge in [-0.25, -0.2) is 0 Å². The summed E-state index contributed by atoms with van der Waals surface area (Å²) in [5, 5.41) is 0. The van der Waals surface area contributed by atoms with E-state index in [-0.39, 0.29) is 11.5 Å². The monoisotopic (exact) mass is 338 g/mol. The van der Waals surface area contributed by atoms with Gasteiger partial charge in [-0.15, -0.1) is 0 Å². The lowest BCUT2D eigenvalue weighted by molar-refractivity contribution is -0.0500. The van der Waals surface area contributed by atoms with Crippen molar-refractivity contribution in [2.24, 2.45) is 0 Å². The van der Waals surface area contributed by atoms with Gasteiger partial charge in [-0.1, -0.05) is 0 Å². The molecule has 2 rings (SSSR count). The minimum absolute atomic E-state index is 0.152. The molecule has 5 nitrogen and oxygen atoms in total. The molecule has 1 aromatic carbocycles. The average Bonchev–Trinajstić information content (AvgIpc) is 2.59. The lowest BCUT2D eigenvalue weighted by Crippen LogP contribution is -2.28. The molecule has 1 aliphatic carbocycles. The third-order valence-corrected chi connectivity index (χ3v) is 4.26. The first-order chi connectivity index (χ1) is 10.2. The second-order valence-electron chi connectivity index (χ2n) is 4.74. The Labute approximate surface area is 125 Å². The summed E-state index contributed by atoms with van der Waals surface area (Å²) in [5.41, 5.74) is -4.84. The summed E-state index contributed by atoms with van der Waals surface area (Å²) in [6.07, 6.45) is 2.02. The van der Waals surface area contributed by atoms with Gasteiger partial charge in [0, 0.05) is 17.5 Å². The van der Waals surface area contributed by atoms with Gasteiger partial charge in [0.1, 0.15) is 0 Å². The molecule has 0 atom stereocenters. The van der Waals surface area contributed by atoms with Crippen LogP contribution in [0.25, 0.3) is 0 Å². The first-order valence-electron chi connectivity index (χ1n) is 6.41. The number of carbonyl (C=O) groups is 1. The van der Waals surface area contributed by atoms with Gasteiger partial charge in [0.2, 0.25) is 0 Å². The maximum Gasteiger partial charge on any atom is 0.534 e. The van der Waals surface area contributed by atoms with E-state index in [1.807, 2.05) is 0 Å². The van der Waals surface area contributed by atoms with Gasteiger partial charge in [-0.2, -0.15) is 21.6 Å². The number of fused-ring (bicyclic) bond motifs is 1. The molecule has 0 N–H and O–H groups in total. The SMILES string of the molecule is COc1c(OS(=O)(=O)C(F)(F)F)ccc2c1CCCCC2=O. The van der Waals surface area contributed by atoms with Crippen molar-refractivity contribution in [3.63, 3.8) is 0 Å². The number of halogens is 3. The van der Waals surface area contributed by atoms with E-state index in [0.717, 1.165) is 6.07 Å². The molecule has 0 radical (unpaired) electrons. The topological polar surface area (TPSA) is 69.7 Å². The molecule has 0 aliphatic heterocycles. The number of benzene rings is 1. The molecule has 1 aromatic rings. The zero-order chi connectivity index (χ0) is 16.5. The molecule has 22 heavy (non-hydrogen) atoms. The molecule has 9 heteroatoms. The quantitative estimate of drug-likeness (QED) is 0.481. The molecule has 0 spiro atoms. The first-order valence-corrected chi connectivity index (χ1v) is 7.82. The van der Waals surface area contributed by atoms with Gasteiger partial charge in [-0.05, 0) is 31.4 Å². The highest BCUT2D eigenvalue weighted by molar-refractivity contribution is 7.88. The molecule has 0 fully saturated rings. The second kappa shape index (κ2) is 5.79. The number of ketones is 1. The van der Waals surface area contributed by atoms with Crippen LogP contribution >= 0.6 is 0 Å². The summed E-state index contributed by atoms with van der Waals surface area (Å²) in [6, 6.07) is 2.27. The van der Waals surface area contributed by atoms with E-state index in [1.54, 1.807) is 0 Å². The third-order valence-electron chi connectivity index (χ3n) is 3.29. The number of hydrogen-bond donors (Lipinski definition) is 0. The predicted octanol–water partition coefficient (Wildman–Crippen LogP) is 2.83. The van der Waals surface area contributed by atoms with Crippen LogP contribution in [0.5, 0.6) is 11.5 Å². The van der Waals surface area contributed by atoms with Crippen LogP contribution in [0.4, 0.5) is 13.2 Å². The molecular weight excluding hydrogens is 325 g/mol. The number of alkyl halides is 3. The minimum atomic E-state index is -5.80. The summed E-state index contributed by atoms with van der Waals surface area (Å²) >= 11 is 0. The highest BCUT2D eigenvalue weighted by Gasteiger charge is 2.49. The molecule has 0 bridgehead atoms. The van der Waals surface area contributed by atoms with Crippen LogP contribution in [0.15, 0.2) is 12.1 Å². The number of ether oxygens (including phenoxy) is 1. The number of methoxy groups -OCH3 is 1. The van der Waals surface area contributed by atoms with E-state index in [0.29, 0.717) is 36.8 Å². The zero-order valence-electron chi connectivity index (χ0n) is 11.6. The summed E-state index contributed by atoms with van der Waals surface area (Å²) in [4.78, 5) is 11.9. The summed E-state index contributed by atoms with van der Waals surface area (Å²) in [5.74, 6) is -0.884. The van der Waals surface area contributed by atoms with Crippen LogP contribution in [0.1, 0.15) is 35.2 Å². The Hall–Kier alpha value is -1.77. The highest BCUT2D eigenvalue weighted by Crippen LogP contribution is 2.39. The Bertz CT molecular complexity index is 694. The predicted molar refractivity (Wildman–Crippen MR) is 70.5 cm³/mol. The fourth-order valence-electron chi connectivity index (χ4n) is 2.29. The molecule has 1 aliphatic rings. The Morgan fingerprint density at radius 1 is 1.14 bits per heavy atom. The number of Topliss-reactive ketones (excluding diaryl/α,β-unsaturated/α-hetero) is 1. The first kappa shape index (κ1) is 16.6. The van der Waals surface area contributed by atoms with E-state index in [1.165, 1.54) is 13.2 Å². The van der Waals surface area contributed by atoms with Crippen molar-refractivity contribution in [3.05, 3.63) is 23.3 Å². The van der Waals surface area contributed by atoms with E-state index in [4.69, 9.17) is 4.74 Å². The van der Waals surface area contributed by atoms with Crippen molar-refractivity contribution >= 4 is 15.9 Å². The second-order valence-corrected chi connectivity index (χ2v) is 6.27. The third kappa shape index (κ3) is 3.03. The van der Waals surface area contributed by atoms with E-state index < -0.39 is 21.4 Å². The number of rotatable bonds is 3. The van der Waals surface area contributed by atoms with Crippen molar-refractivity contribution in [2.45, 2.75) is 31.2 Å². The molecule has 0 aromatic heterocycles. The van der Waals surface area contributed by atoms with E-state index >= 15 is 0 Å². The van der Waals surface area contributed by atoms with Gasteiger partial charge in [0.25, 0.3) is 0 Å². The van der Waals surface area contributed by atoms with Crippen molar-refractivity contribution in [1.82, 2.24) is 0 Å². The Morgan fingerprint density at radius 3 is 2.36 bits per heavy atom. The molecule has 0 heterocycles. The lowest BCUT2D eigenvalue weighted by Gasteiger charge is -2.16. The molecular formula is C13H13F3O5S. The van der Waals surface area contributed by atoms with Crippen LogP contribution in [0, 0.1) is 0 Å². The fourth-order valence-corrected chi connectivity index (χ4v) is 2.75. The van der Waals surface area contributed by atoms with E-state index in [9.17, 15) is 26.4 Å². The van der Waals surface area contributed by atoms with Gasteiger partial charge in [0.05, 0.1) is 7.11 Å². The fraction of sp³-hybridized carbons (Fsp3) is 0.462. The van der Waals surface area contributed by atoms with Crippen molar-refractivity contribution < 1.29 is 35.3 Å². The van der Waals surface area contributed by atoms with Gasteiger partial charge in [-0.3, -0.25) is 4.79 Å². The Kier molecular flexibility index (Phi) is 4.37. The molecule has 0 saturated carbocycles. The summed E-state index contributed by atoms with van der Waals surface area (Å²) in [6.45, 7) is 0. The van der Waals surface area contributed by atoms with Crippen LogP contribution < -0.4 is 8.92 Å². The molecule has 0 saturated heterocycles. The number of hydrogen-bond acceptors (Lipinski definition) is 5. The maximum absolute atomic E-state index is 12.4. The van der Waals surface area contributed by atoms with Crippen LogP contribution in [-0.2, 0) is 16.5 Å². The zero-order valence-corrected chi connectivity index (χ0v) is 12.4. The van der Waals surface area contributed by atoms with Crippen molar-refractivity contribution in [2.75, 3.05) is 7.11 Å². The standard InChI is InChI=1S/C13H13F3O5S/c1-20-12-9-4-2-3-5-10(17)8(9)6-7-11(12)21-22(18,19)13(14,15)16/h6-7H,2-5H2,1H3. The van der Waals surface area contributed by atoms with E-state index in [2.05, 4.69) is 4.18 Å². The highest BCUT2D eigenvalue weighted by atomic mass is 32.2. The summed E-state index contributed by atoms with van der Waals surface area (Å²) < 4.78 is 68.6. The van der Waals surface area contributed by atoms with Crippen molar-refractivity contribution in [1.29, 1.82) is 0 Å². The minimum Gasteiger partial charge on any atom is -0.492 e. The van der Waals surface area contributed by atoms with Gasteiger partial charge in [0.15, 0.2) is 17.3 Å². The van der Waals surface area contributed by atoms with Gasteiger partial charge >= 0.3 is 15.6 Å². The number of carbonyl (C=O) groups excluding carboxylic acids is 1. The Balaban J connectivity index is 2.51. The summed E-state index contributed by atoms with van der Waals surface area (Å²) in [7, 11) is -4.62. The molecule has 0 amide bonds. The largest absolute Gasteiger partial charge is 0.534 e. The normalized spacial score (nSPS) is 15.9.